The van der Waals surface area contributed by atoms with Crippen LogP contribution in [0.2, 0.25) is 0 Å². The number of hydrogen-bond acceptors (Lipinski definition) is 2. The number of ketones is 1. The topological polar surface area (TPSA) is 40.9 Å². The van der Waals surface area contributed by atoms with E-state index in [4.69, 9.17) is 5.26 Å². The van der Waals surface area contributed by atoms with Gasteiger partial charge in [0.05, 0.1) is 11.6 Å². The number of carbonyl (C=O) groups is 1. The second kappa shape index (κ2) is 5.17. The molecule has 6 heteroatoms. The Balaban J connectivity index is 3.01. The van der Waals surface area contributed by atoms with Gasteiger partial charge in [-0.3, -0.25) is 4.79 Å². The van der Waals surface area contributed by atoms with Gasteiger partial charge in [-0.05, 0) is 31.0 Å². The standard InChI is InChI=1S/C12H9F4NO/c1-7(18)9(6-17)4-8-2-3-10(5-11(8)13)12(14,15)16/h2-3,5,9H,4H2,1H3. The summed E-state index contributed by atoms with van der Waals surface area (Å²) in [6.07, 6.45) is -4.84. The summed E-state index contributed by atoms with van der Waals surface area (Å²) in [6.45, 7) is 1.18. The second-order valence-corrected chi connectivity index (χ2v) is 3.80. The first kappa shape index (κ1) is 14.2. The molecule has 0 heterocycles. The zero-order valence-electron chi connectivity index (χ0n) is 9.38. The number of nitriles is 1. The Morgan fingerprint density at radius 2 is 2.06 bits per heavy atom. The Bertz CT molecular complexity index is 502. The molecule has 1 atom stereocenters. The van der Waals surface area contributed by atoms with Gasteiger partial charge in [-0.25, -0.2) is 4.39 Å². The highest BCUT2D eigenvalue weighted by Gasteiger charge is 2.31. The molecule has 0 radical (unpaired) electrons. The zero-order chi connectivity index (χ0) is 13.9. The molecule has 0 aliphatic heterocycles. The van der Waals surface area contributed by atoms with Gasteiger partial charge in [0.15, 0.2) is 0 Å². The molecule has 0 spiro atoms. The SMILES string of the molecule is CC(=O)C(C#N)Cc1ccc(C(F)(F)F)cc1F. The molecule has 18 heavy (non-hydrogen) atoms. The van der Waals surface area contributed by atoms with E-state index in [-0.39, 0.29) is 12.0 Å². The van der Waals surface area contributed by atoms with Crippen LogP contribution < -0.4 is 0 Å². The van der Waals surface area contributed by atoms with Crippen molar-refractivity contribution < 1.29 is 22.4 Å². The number of benzene rings is 1. The molecule has 0 bridgehead atoms. The summed E-state index contributed by atoms with van der Waals surface area (Å²) >= 11 is 0. The van der Waals surface area contributed by atoms with Gasteiger partial charge in [0.1, 0.15) is 17.5 Å². The van der Waals surface area contributed by atoms with Crippen molar-refractivity contribution in [2.75, 3.05) is 0 Å². The Morgan fingerprint density at radius 1 is 1.44 bits per heavy atom. The maximum Gasteiger partial charge on any atom is 0.416 e. The quantitative estimate of drug-likeness (QED) is 0.782. The molecule has 1 aromatic carbocycles. The highest BCUT2D eigenvalue weighted by atomic mass is 19.4. The van der Waals surface area contributed by atoms with Gasteiger partial charge in [-0.2, -0.15) is 18.4 Å². The Kier molecular flexibility index (Phi) is 4.07. The summed E-state index contributed by atoms with van der Waals surface area (Å²) in [6, 6.07) is 3.73. The summed E-state index contributed by atoms with van der Waals surface area (Å²) < 4.78 is 50.3. The predicted octanol–water partition coefficient (Wildman–Crippen LogP) is 3.12. The van der Waals surface area contributed by atoms with Gasteiger partial charge in [-0.1, -0.05) is 6.07 Å². The minimum absolute atomic E-state index is 0.0789. The normalized spacial score (nSPS) is 12.9. The van der Waals surface area contributed by atoms with Crippen molar-refractivity contribution >= 4 is 5.78 Å². The maximum absolute atomic E-state index is 13.4. The fourth-order valence-corrected chi connectivity index (χ4v) is 1.39. The van der Waals surface area contributed by atoms with Crippen LogP contribution in [0, 0.1) is 23.1 Å². The van der Waals surface area contributed by atoms with Crippen molar-refractivity contribution in [1.29, 1.82) is 5.26 Å². The predicted molar refractivity (Wildman–Crippen MR) is 54.9 cm³/mol. The summed E-state index contributed by atoms with van der Waals surface area (Å²) in [5, 5.41) is 8.66. The van der Waals surface area contributed by atoms with Crippen LogP contribution in [-0.4, -0.2) is 5.78 Å². The van der Waals surface area contributed by atoms with Crippen molar-refractivity contribution in [1.82, 2.24) is 0 Å². The van der Waals surface area contributed by atoms with Crippen molar-refractivity contribution in [3.8, 4) is 6.07 Å². The smallest absolute Gasteiger partial charge is 0.299 e. The van der Waals surface area contributed by atoms with Gasteiger partial charge < -0.3 is 0 Å². The van der Waals surface area contributed by atoms with Crippen LogP contribution in [0.1, 0.15) is 18.1 Å². The minimum atomic E-state index is -4.62. The van der Waals surface area contributed by atoms with E-state index in [1.54, 1.807) is 6.07 Å². The number of rotatable bonds is 3. The largest absolute Gasteiger partial charge is 0.416 e. The highest BCUT2D eigenvalue weighted by molar-refractivity contribution is 5.81. The first-order valence-corrected chi connectivity index (χ1v) is 5.01. The Hall–Kier alpha value is -1.90. The van der Waals surface area contributed by atoms with E-state index in [9.17, 15) is 22.4 Å². The molecule has 0 amide bonds. The summed E-state index contributed by atoms with van der Waals surface area (Å²) in [5.74, 6) is -2.56. The molecule has 0 saturated heterocycles. The lowest BCUT2D eigenvalue weighted by Gasteiger charge is -2.10. The summed E-state index contributed by atoms with van der Waals surface area (Å²) in [5.41, 5.74) is -1.18. The molecular formula is C12H9F4NO. The third kappa shape index (κ3) is 3.29. The Morgan fingerprint density at radius 3 is 2.44 bits per heavy atom. The van der Waals surface area contributed by atoms with Gasteiger partial charge in [0, 0.05) is 0 Å². The van der Waals surface area contributed by atoms with E-state index in [2.05, 4.69) is 0 Å². The van der Waals surface area contributed by atoms with Crippen molar-refractivity contribution in [2.24, 2.45) is 5.92 Å². The van der Waals surface area contributed by atoms with E-state index in [0.29, 0.717) is 6.07 Å². The first-order valence-electron chi connectivity index (χ1n) is 5.01. The third-order valence-electron chi connectivity index (χ3n) is 2.45. The molecule has 1 unspecified atom stereocenters. The van der Waals surface area contributed by atoms with E-state index >= 15 is 0 Å². The van der Waals surface area contributed by atoms with Crippen LogP contribution in [-0.2, 0) is 17.4 Å². The molecule has 0 aromatic heterocycles. The molecule has 0 N–H and O–H groups in total. The molecule has 0 aliphatic rings. The second-order valence-electron chi connectivity index (χ2n) is 3.80. The van der Waals surface area contributed by atoms with E-state index < -0.39 is 29.3 Å². The molecule has 0 fully saturated rings. The maximum atomic E-state index is 13.4. The minimum Gasteiger partial charge on any atom is -0.299 e. The lowest BCUT2D eigenvalue weighted by atomic mass is 9.96. The van der Waals surface area contributed by atoms with E-state index in [1.165, 1.54) is 6.92 Å². The van der Waals surface area contributed by atoms with Crippen LogP contribution in [0.15, 0.2) is 18.2 Å². The monoisotopic (exact) mass is 259 g/mol. The molecule has 1 rings (SSSR count). The highest BCUT2D eigenvalue weighted by Crippen LogP contribution is 2.30. The molecule has 0 saturated carbocycles. The van der Waals surface area contributed by atoms with Crippen molar-refractivity contribution in [3.63, 3.8) is 0 Å². The lowest BCUT2D eigenvalue weighted by molar-refractivity contribution is -0.137. The van der Waals surface area contributed by atoms with Gasteiger partial charge in [0.25, 0.3) is 0 Å². The average Bonchev–Trinajstić information content (AvgIpc) is 2.25. The van der Waals surface area contributed by atoms with Gasteiger partial charge >= 0.3 is 6.18 Å². The third-order valence-corrected chi connectivity index (χ3v) is 2.45. The number of carbonyl (C=O) groups excluding carboxylic acids is 1. The lowest BCUT2D eigenvalue weighted by Crippen LogP contribution is -2.13. The number of halogens is 4. The number of hydrogen-bond donors (Lipinski definition) is 0. The number of Topliss-reactive ketones (excluding diaryl/α,β-unsaturated/α-hetero) is 1. The average molecular weight is 259 g/mol. The van der Waals surface area contributed by atoms with E-state index in [1.807, 2.05) is 0 Å². The van der Waals surface area contributed by atoms with Crippen molar-refractivity contribution in [2.45, 2.75) is 19.5 Å². The van der Waals surface area contributed by atoms with Gasteiger partial charge in [-0.15, -0.1) is 0 Å². The van der Waals surface area contributed by atoms with Crippen LogP contribution in [0.4, 0.5) is 17.6 Å². The molecule has 1 aromatic rings. The summed E-state index contributed by atoms with van der Waals surface area (Å²) in [7, 11) is 0. The van der Waals surface area contributed by atoms with Crippen LogP contribution in [0.5, 0.6) is 0 Å². The number of alkyl halides is 3. The molecule has 96 valence electrons. The van der Waals surface area contributed by atoms with Crippen LogP contribution in [0.3, 0.4) is 0 Å². The zero-order valence-corrected chi connectivity index (χ0v) is 9.38. The number of nitrogens with zero attached hydrogens (tertiary/aromatic N) is 1. The summed E-state index contributed by atoms with van der Waals surface area (Å²) in [4.78, 5) is 11.0. The van der Waals surface area contributed by atoms with Crippen LogP contribution in [0.25, 0.3) is 0 Å². The van der Waals surface area contributed by atoms with Gasteiger partial charge in [0.2, 0.25) is 0 Å². The molecule has 2 nitrogen and oxygen atoms in total. The first-order chi connectivity index (χ1) is 8.25. The molecular weight excluding hydrogens is 250 g/mol. The Labute approximate surface area is 101 Å². The fraction of sp³-hybridized carbons (Fsp3) is 0.333. The fourth-order valence-electron chi connectivity index (χ4n) is 1.39. The van der Waals surface area contributed by atoms with Crippen molar-refractivity contribution in [3.05, 3.63) is 35.1 Å². The van der Waals surface area contributed by atoms with E-state index in [0.717, 1.165) is 12.1 Å². The molecule has 0 aliphatic carbocycles. The van der Waals surface area contributed by atoms with Crippen LogP contribution >= 0.6 is 0 Å².